The first-order chi connectivity index (χ1) is 15.9. The van der Waals surface area contributed by atoms with Gasteiger partial charge in [-0.05, 0) is 55.8 Å². The molecule has 3 heterocycles. The van der Waals surface area contributed by atoms with Crippen LogP contribution in [0, 0.1) is 12.7 Å². The lowest BCUT2D eigenvalue weighted by Crippen LogP contribution is -2.52. The summed E-state index contributed by atoms with van der Waals surface area (Å²) in [6, 6.07) is 5.23. The van der Waals surface area contributed by atoms with Gasteiger partial charge in [0.2, 0.25) is 5.91 Å². The van der Waals surface area contributed by atoms with Gasteiger partial charge in [-0.1, -0.05) is 19.1 Å². The van der Waals surface area contributed by atoms with Crippen molar-refractivity contribution in [2.45, 2.75) is 57.1 Å². The predicted octanol–water partition coefficient (Wildman–Crippen LogP) is 2.65. The number of fused-ring (bicyclic) bond motifs is 1. The Morgan fingerprint density at radius 2 is 2.03 bits per heavy atom. The summed E-state index contributed by atoms with van der Waals surface area (Å²) in [6.07, 6.45) is 3.61. The summed E-state index contributed by atoms with van der Waals surface area (Å²) in [6.45, 7) is 7.25. The molecule has 7 nitrogen and oxygen atoms in total. The van der Waals surface area contributed by atoms with Gasteiger partial charge < -0.3 is 20.2 Å². The van der Waals surface area contributed by atoms with Crippen LogP contribution in [0.1, 0.15) is 66.5 Å². The average Bonchev–Trinajstić information content (AvgIpc) is 3.45. The zero-order valence-electron chi connectivity index (χ0n) is 19.3. The number of nitrogens with zero attached hydrogens (tertiary/aromatic N) is 4. The third kappa shape index (κ3) is 4.10. The monoisotopic (exact) mass is 453 g/mol. The fourth-order valence-corrected chi connectivity index (χ4v) is 5.64. The zero-order chi connectivity index (χ0) is 23.1. The fraction of sp³-hybridized carbons (Fsp3) is 0.560. The second-order valence-corrected chi connectivity index (χ2v) is 9.65. The molecule has 0 unspecified atom stereocenters. The van der Waals surface area contributed by atoms with E-state index in [1.165, 1.54) is 12.4 Å². The maximum absolute atomic E-state index is 14.4. The molecule has 0 bridgehead atoms. The molecule has 2 N–H and O–H groups in total. The van der Waals surface area contributed by atoms with Gasteiger partial charge in [0.1, 0.15) is 18.0 Å². The Kier molecular flexibility index (Phi) is 6.05. The van der Waals surface area contributed by atoms with Crippen molar-refractivity contribution in [2.75, 3.05) is 37.6 Å². The van der Waals surface area contributed by atoms with Crippen LogP contribution in [-0.2, 0) is 4.79 Å². The molecule has 1 aromatic carbocycles. The van der Waals surface area contributed by atoms with Crippen LogP contribution in [-0.4, -0.2) is 64.6 Å². The molecule has 3 aliphatic rings. The van der Waals surface area contributed by atoms with E-state index in [1.54, 1.807) is 13.0 Å². The van der Waals surface area contributed by atoms with Crippen LogP contribution in [0.4, 0.5) is 10.2 Å². The Labute approximate surface area is 194 Å². The molecular formula is C25H32FN5O2. The molecule has 8 heteroatoms. The quantitative estimate of drug-likeness (QED) is 0.741. The van der Waals surface area contributed by atoms with Crippen LogP contribution in [0.3, 0.4) is 0 Å². The smallest absolute Gasteiger partial charge is 0.231 e. The molecular weight excluding hydrogens is 421 g/mol. The van der Waals surface area contributed by atoms with Crippen LogP contribution in [0.15, 0.2) is 24.5 Å². The van der Waals surface area contributed by atoms with Gasteiger partial charge in [0.25, 0.3) is 0 Å². The summed E-state index contributed by atoms with van der Waals surface area (Å²) in [5, 5.41) is 13.8. The van der Waals surface area contributed by atoms with Gasteiger partial charge in [-0.3, -0.25) is 4.79 Å². The lowest BCUT2D eigenvalue weighted by Gasteiger charge is -2.38. The second kappa shape index (κ2) is 8.99. The SMILES string of the molecule is Cc1ccc([C@H](C(=O)N2CCN(c3ncnc4c3[C@H](C)C[C@@H]4O)CC2)[C@@H]2CCCN2)cc1F. The fourth-order valence-electron chi connectivity index (χ4n) is 5.64. The van der Waals surface area contributed by atoms with E-state index in [0.717, 1.165) is 42.0 Å². The van der Waals surface area contributed by atoms with Gasteiger partial charge in [-0.25, -0.2) is 14.4 Å². The highest BCUT2D eigenvalue weighted by Crippen LogP contribution is 2.43. The molecule has 176 valence electrons. The number of benzene rings is 1. The highest BCUT2D eigenvalue weighted by atomic mass is 19.1. The predicted molar refractivity (Wildman–Crippen MR) is 124 cm³/mol. The number of hydrogen-bond acceptors (Lipinski definition) is 6. The summed E-state index contributed by atoms with van der Waals surface area (Å²) < 4.78 is 14.4. The number of amides is 1. The van der Waals surface area contributed by atoms with Crippen molar-refractivity contribution >= 4 is 11.7 Å². The molecule has 5 rings (SSSR count). The largest absolute Gasteiger partial charge is 0.387 e. The van der Waals surface area contributed by atoms with E-state index in [0.29, 0.717) is 38.2 Å². The first-order valence-corrected chi connectivity index (χ1v) is 12.0. The zero-order valence-corrected chi connectivity index (χ0v) is 19.3. The summed E-state index contributed by atoms with van der Waals surface area (Å²) in [7, 11) is 0. The van der Waals surface area contributed by atoms with E-state index in [1.807, 2.05) is 11.0 Å². The number of aryl methyl sites for hydroxylation is 1. The maximum Gasteiger partial charge on any atom is 0.231 e. The Morgan fingerprint density at radius 3 is 2.73 bits per heavy atom. The van der Waals surface area contributed by atoms with Crippen molar-refractivity contribution in [3.05, 3.63) is 52.7 Å². The molecule has 2 aromatic rings. The molecule has 0 spiro atoms. The highest BCUT2D eigenvalue weighted by molar-refractivity contribution is 5.85. The van der Waals surface area contributed by atoms with Crippen LogP contribution >= 0.6 is 0 Å². The van der Waals surface area contributed by atoms with Crippen LogP contribution < -0.4 is 10.2 Å². The molecule has 1 amide bonds. The maximum atomic E-state index is 14.4. The Hall–Kier alpha value is -2.58. The first-order valence-electron chi connectivity index (χ1n) is 12.0. The third-order valence-corrected chi connectivity index (χ3v) is 7.49. The number of aliphatic hydroxyl groups excluding tert-OH is 1. The molecule has 2 aliphatic heterocycles. The van der Waals surface area contributed by atoms with Crippen molar-refractivity contribution in [3.8, 4) is 0 Å². The van der Waals surface area contributed by atoms with E-state index in [9.17, 15) is 14.3 Å². The first kappa shape index (κ1) is 22.2. The molecule has 0 saturated carbocycles. The van der Waals surface area contributed by atoms with Gasteiger partial charge in [0.05, 0.1) is 17.7 Å². The van der Waals surface area contributed by atoms with Crippen molar-refractivity contribution in [1.29, 1.82) is 0 Å². The summed E-state index contributed by atoms with van der Waals surface area (Å²) in [5.74, 6) is 0.509. The minimum absolute atomic E-state index is 0.0325. The minimum atomic E-state index is -0.533. The van der Waals surface area contributed by atoms with Crippen molar-refractivity contribution in [3.63, 3.8) is 0 Å². The van der Waals surface area contributed by atoms with Crippen molar-refractivity contribution in [1.82, 2.24) is 20.2 Å². The van der Waals surface area contributed by atoms with Gasteiger partial charge in [0, 0.05) is 37.8 Å². The molecule has 1 aliphatic carbocycles. The summed E-state index contributed by atoms with van der Waals surface area (Å²) >= 11 is 0. The van der Waals surface area contributed by atoms with Crippen LogP contribution in [0.5, 0.6) is 0 Å². The third-order valence-electron chi connectivity index (χ3n) is 7.49. The minimum Gasteiger partial charge on any atom is -0.387 e. The van der Waals surface area contributed by atoms with Crippen LogP contribution in [0.2, 0.25) is 0 Å². The molecule has 4 atom stereocenters. The second-order valence-electron chi connectivity index (χ2n) is 9.65. The van der Waals surface area contributed by atoms with Gasteiger partial charge in [0.15, 0.2) is 0 Å². The number of hydrogen-bond donors (Lipinski definition) is 2. The lowest BCUT2D eigenvalue weighted by atomic mass is 9.88. The highest BCUT2D eigenvalue weighted by Gasteiger charge is 2.37. The molecule has 33 heavy (non-hydrogen) atoms. The van der Waals surface area contributed by atoms with E-state index in [4.69, 9.17) is 0 Å². The van der Waals surface area contributed by atoms with E-state index in [-0.39, 0.29) is 29.6 Å². The Morgan fingerprint density at radius 1 is 1.24 bits per heavy atom. The van der Waals surface area contributed by atoms with Crippen LogP contribution in [0.25, 0.3) is 0 Å². The van der Waals surface area contributed by atoms with Gasteiger partial charge >= 0.3 is 0 Å². The molecule has 0 radical (unpaired) electrons. The van der Waals surface area contributed by atoms with Crippen molar-refractivity contribution in [2.24, 2.45) is 0 Å². The summed E-state index contributed by atoms with van der Waals surface area (Å²) in [5.41, 5.74) is 3.11. The molecule has 2 saturated heterocycles. The summed E-state index contributed by atoms with van der Waals surface area (Å²) in [4.78, 5) is 26.7. The average molecular weight is 454 g/mol. The normalized spacial score (nSPS) is 25.9. The van der Waals surface area contributed by atoms with Crippen molar-refractivity contribution < 1.29 is 14.3 Å². The van der Waals surface area contributed by atoms with Gasteiger partial charge in [-0.2, -0.15) is 0 Å². The number of carbonyl (C=O) groups is 1. The number of aromatic nitrogens is 2. The molecule has 1 aromatic heterocycles. The number of rotatable bonds is 4. The van der Waals surface area contributed by atoms with E-state index < -0.39 is 6.10 Å². The number of carbonyl (C=O) groups excluding carboxylic acids is 1. The van der Waals surface area contributed by atoms with E-state index >= 15 is 0 Å². The molecule has 2 fully saturated rings. The topological polar surface area (TPSA) is 81.6 Å². The number of nitrogens with one attached hydrogen (secondary N) is 1. The Balaban J connectivity index is 1.34. The van der Waals surface area contributed by atoms with E-state index in [2.05, 4.69) is 27.1 Å². The van der Waals surface area contributed by atoms with Gasteiger partial charge in [-0.15, -0.1) is 0 Å². The number of anilines is 1. The lowest BCUT2D eigenvalue weighted by molar-refractivity contribution is -0.133. The Bertz CT molecular complexity index is 1030. The standard InChI is InChI=1S/C25H32FN5O2/c1-15-5-6-17(13-18(15)26)22(19-4-3-7-27-19)25(33)31-10-8-30(9-11-31)24-21-16(2)12-20(32)23(21)28-14-29-24/h5-6,13-14,16,19-20,22,27,32H,3-4,7-12H2,1-2H3/t16-,19+,20+,22+/m1/s1. The number of aliphatic hydroxyl groups is 1. The number of piperazine rings is 1. The number of halogens is 1.